The first-order chi connectivity index (χ1) is 9.96. The van der Waals surface area contributed by atoms with Crippen molar-refractivity contribution in [3.8, 4) is 0 Å². The van der Waals surface area contributed by atoms with E-state index in [1.54, 1.807) is 0 Å². The zero-order chi connectivity index (χ0) is 15.1. The molecule has 2 aliphatic carbocycles. The Morgan fingerprint density at radius 2 is 1.91 bits per heavy atom. The number of nitrogens with one attached hydrogen (secondary N) is 2. The van der Waals surface area contributed by atoms with Crippen LogP contribution in [0.5, 0.6) is 0 Å². The Labute approximate surface area is 152 Å². The Bertz CT molecular complexity index is 418. The number of hydrogen-bond donors (Lipinski definition) is 2. The van der Waals surface area contributed by atoms with Gasteiger partial charge in [0.1, 0.15) is 0 Å². The molecule has 3 aliphatic rings. The van der Waals surface area contributed by atoms with Crippen LogP contribution in [0.2, 0.25) is 0 Å². The van der Waals surface area contributed by atoms with Gasteiger partial charge in [0.25, 0.3) is 0 Å². The molecule has 0 amide bonds. The van der Waals surface area contributed by atoms with E-state index in [0.717, 1.165) is 19.1 Å². The van der Waals surface area contributed by atoms with Crippen LogP contribution in [0.3, 0.4) is 0 Å². The van der Waals surface area contributed by atoms with E-state index in [0.29, 0.717) is 23.5 Å². The van der Waals surface area contributed by atoms with Crippen molar-refractivity contribution in [3.05, 3.63) is 0 Å². The second-order valence-electron chi connectivity index (χ2n) is 8.13. The first-order valence-corrected chi connectivity index (χ1v) is 8.55. The van der Waals surface area contributed by atoms with Gasteiger partial charge < -0.3 is 15.4 Å². The number of rotatable bonds is 3. The van der Waals surface area contributed by atoms with E-state index in [1.165, 1.54) is 32.1 Å². The summed E-state index contributed by atoms with van der Waals surface area (Å²) in [6.45, 7) is 8.96. The van der Waals surface area contributed by atoms with Gasteiger partial charge in [0.15, 0.2) is 5.96 Å². The maximum atomic E-state index is 5.87. The SMILES string of the molecule is CN=C(NCC1(C)CCCC1)NC1C2CCOC2C1(C)C.I. The minimum Gasteiger partial charge on any atom is -0.377 e. The van der Waals surface area contributed by atoms with Crippen LogP contribution >= 0.6 is 24.0 Å². The highest BCUT2D eigenvalue weighted by Crippen LogP contribution is 2.52. The van der Waals surface area contributed by atoms with E-state index in [2.05, 4.69) is 36.4 Å². The maximum absolute atomic E-state index is 5.87. The Balaban J connectivity index is 0.00000176. The average molecular weight is 421 g/mol. The third-order valence-corrected chi connectivity index (χ3v) is 6.11. The zero-order valence-electron chi connectivity index (χ0n) is 14.4. The molecular weight excluding hydrogens is 389 g/mol. The average Bonchev–Trinajstić information content (AvgIpc) is 3.07. The van der Waals surface area contributed by atoms with Gasteiger partial charge in [0.2, 0.25) is 0 Å². The van der Waals surface area contributed by atoms with E-state index >= 15 is 0 Å². The summed E-state index contributed by atoms with van der Waals surface area (Å²) >= 11 is 0. The monoisotopic (exact) mass is 421 g/mol. The molecular formula is C17H32IN3O. The van der Waals surface area contributed by atoms with Crippen molar-refractivity contribution in [3.63, 3.8) is 0 Å². The van der Waals surface area contributed by atoms with E-state index in [4.69, 9.17) is 4.74 Å². The normalized spacial score (nSPS) is 35.3. The molecule has 1 heterocycles. The van der Waals surface area contributed by atoms with E-state index < -0.39 is 0 Å². The summed E-state index contributed by atoms with van der Waals surface area (Å²) < 4.78 is 5.87. The van der Waals surface area contributed by atoms with Crippen LogP contribution in [-0.2, 0) is 4.74 Å². The molecule has 3 fully saturated rings. The fourth-order valence-corrected chi connectivity index (χ4v) is 4.66. The van der Waals surface area contributed by atoms with Gasteiger partial charge in [-0.05, 0) is 24.7 Å². The Kier molecular flexibility index (Phi) is 5.68. The lowest BCUT2D eigenvalue weighted by atomic mass is 9.57. The van der Waals surface area contributed by atoms with E-state index in [9.17, 15) is 0 Å². The lowest BCUT2D eigenvalue weighted by molar-refractivity contribution is -0.106. The molecule has 4 nitrogen and oxygen atoms in total. The highest BCUT2D eigenvalue weighted by atomic mass is 127. The van der Waals surface area contributed by atoms with Gasteiger partial charge in [-0.3, -0.25) is 4.99 Å². The summed E-state index contributed by atoms with van der Waals surface area (Å²) in [5.41, 5.74) is 0.655. The molecule has 0 aromatic heterocycles. The lowest BCUT2D eigenvalue weighted by Crippen LogP contribution is -2.68. The molecule has 2 saturated carbocycles. The number of aliphatic imine (C=N–C) groups is 1. The van der Waals surface area contributed by atoms with Gasteiger partial charge in [-0.15, -0.1) is 24.0 Å². The second-order valence-corrected chi connectivity index (χ2v) is 8.13. The summed E-state index contributed by atoms with van der Waals surface area (Å²) in [6, 6.07) is 0.479. The summed E-state index contributed by atoms with van der Waals surface area (Å²) in [4.78, 5) is 4.44. The number of fused-ring (bicyclic) bond motifs is 1. The molecule has 5 heteroatoms. The first kappa shape index (κ1) is 18.3. The molecule has 22 heavy (non-hydrogen) atoms. The molecule has 3 atom stereocenters. The van der Waals surface area contributed by atoms with Crippen molar-refractivity contribution < 1.29 is 4.74 Å². The van der Waals surface area contributed by atoms with Gasteiger partial charge in [0.05, 0.1) is 6.10 Å². The van der Waals surface area contributed by atoms with Crippen LogP contribution in [0.1, 0.15) is 52.9 Å². The van der Waals surface area contributed by atoms with Gasteiger partial charge in [0, 0.05) is 37.6 Å². The van der Waals surface area contributed by atoms with Crippen LogP contribution in [-0.4, -0.2) is 38.3 Å². The third-order valence-electron chi connectivity index (χ3n) is 6.11. The maximum Gasteiger partial charge on any atom is 0.191 e. The van der Waals surface area contributed by atoms with Crippen LogP contribution in [0, 0.1) is 16.7 Å². The summed E-state index contributed by atoms with van der Waals surface area (Å²) in [6.07, 6.45) is 7.04. The fourth-order valence-electron chi connectivity index (χ4n) is 4.66. The predicted octanol–water partition coefficient (Wildman–Crippen LogP) is 3.16. The molecule has 0 aromatic rings. The van der Waals surface area contributed by atoms with E-state index in [-0.39, 0.29) is 29.4 Å². The number of ether oxygens (including phenoxy) is 1. The molecule has 3 rings (SSSR count). The van der Waals surface area contributed by atoms with Crippen molar-refractivity contribution in [2.75, 3.05) is 20.2 Å². The molecule has 0 spiro atoms. The van der Waals surface area contributed by atoms with Crippen LogP contribution in [0.4, 0.5) is 0 Å². The Morgan fingerprint density at radius 3 is 2.55 bits per heavy atom. The molecule has 128 valence electrons. The fraction of sp³-hybridized carbons (Fsp3) is 0.941. The summed E-state index contributed by atoms with van der Waals surface area (Å²) in [5, 5.41) is 7.23. The zero-order valence-corrected chi connectivity index (χ0v) is 16.8. The topological polar surface area (TPSA) is 45.7 Å². The van der Waals surface area contributed by atoms with Crippen molar-refractivity contribution >= 4 is 29.9 Å². The molecule has 1 saturated heterocycles. The largest absolute Gasteiger partial charge is 0.377 e. The number of hydrogen-bond acceptors (Lipinski definition) is 2. The van der Waals surface area contributed by atoms with Crippen LogP contribution in [0.25, 0.3) is 0 Å². The molecule has 0 bridgehead atoms. The third kappa shape index (κ3) is 3.25. The van der Waals surface area contributed by atoms with Gasteiger partial charge in [-0.25, -0.2) is 0 Å². The highest BCUT2D eigenvalue weighted by molar-refractivity contribution is 14.0. The van der Waals surface area contributed by atoms with Crippen molar-refractivity contribution in [2.24, 2.45) is 21.7 Å². The number of halogens is 1. The van der Waals surface area contributed by atoms with Gasteiger partial charge in [-0.1, -0.05) is 33.6 Å². The smallest absolute Gasteiger partial charge is 0.191 e. The molecule has 0 radical (unpaired) electrons. The van der Waals surface area contributed by atoms with Crippen molar-refractivity contribution in [1.29, 1.82) is 0 Å². The van der Waals surface area contributed by atoms with Gasteiger partial charge in [-0.2, -0.15) is 0 Å². The van der Waals surface area contributed by atoms with Crippen LogP contribution in [0.15, 0.2) is 4.99 Å². The predicted molar refractivity (Wildman–Crippen MR) is 102 cm³/mol. The molecule has 1 aliphatic heterocycles. The van der Waals surface area contributed by atoms with Crippen LogP contribution < -0.4 is 10.6 Å². The second kappa shape index (κ2) is 6.83. The quantitative estimate of drug-likeness (QED) is 0.418. The molecule has 0 aromatic carbocycles. The number of guanidine groups is 1. The lowest BCUT2D eigenvalue weighted by Gasteiger charge is -2.55. The minimum absolute atomic E-state index is 0. The Morgan fingerprint density at radius 1 is 1.23 bits per heavy atom. The van der Waals surface area contributed by atoms with Crippen molar-refractivity contribution in [1.82, 2.24) is 10.6 Å². The Hall–Kier alpha value is -0.0400. The molecule has 3 unspecified atom stereocenters. The summed E-state index contributed by atoms with van der Waals surface area (Å²) in [5.74, 6) is 1.62. The standard InChI is InChI=1S/C17H31N3O.HI/c1-16(2)13(12-7-10-21-14(12)16)20-15(18-4)19-11-17(3)8-5-6-9-17;/h12-14H,5-11H2,1-4H3,(H2,18,19,20);1H. The first-order valence-electron chi connectivity index (χ1n) is 8.55. The van der Waals surface area contributed by atoms with Gasteiger partial charge >= 0.3 is 0 Å². The summed E-state index contributed by atoms with van der Waals surface area (Å²) in [7, 11) is 1.88. The van der Waals surface area contributed by atoms with E-state index in [1.807, 2.05) is 7.05 Å². The number of nitrogens with zero attached hydrogens (tertiary/aromatic N) is 1. The highest BCUT2D eigenvalue weighted by Gasteiger charge is 2.59. The minimum atomic E-state index is 0. The van der Waals surface area contributed by atoms with Crippen molar-refractivity contribution in [2.45, 2.75) is 65.0 Å². The molecule has 2 N–H and O–H groups in total.